The third-order valence-corrected chi connectivity index (χ3v) is 4.25. The molecule has 3 aromatic rings. The van der Waals surface area contributed by atoms with E-state index in [-0.39, 0.29) is 11.9 Å². The highest BCUT2D eigenvalue weighted by Gasteiger charge is 2.05. The Morgan fingerprint density at radius 1 is 1.16 bits per heavy atom. The van der Waals surface area contributed by atoms with Gasteiger partial charge in [0.25, 0.3) is 0 Å². The maximum Gasteiger partial charge on any atom is 0.228 e. The molecule has 164 valence electrons. The number of hydrogen-bond donors (Lipinski definition) is 2. The number of nitrogens with one attached hydrogen (secondary N) is 2. The minimum atomic E-state index is -0.233. The summed E-state index contributed by atoms with van der Waals surface area (Å²) < 4.78 is 24.2. The van der Waals surface area contributed by atoms with E-state index in [2.05, 4.69) is 25.8 Å². The summed E-state index contributed by atoms with van der Waals surface area (Å²) in [7, 11) is 0. The number of ether oxygens (including phenoxy) is 1. The molecule has 3 rings (SSSR count). The lowest BCUT2D eigenvalue weighted by Gasteiger charge is -2.14. The maximum absolute atomic E-state index is 13.4. The lowest BCUT2D eigenvalue weighted by atomic mass is 10.1. The Morgan fingerprint density at radius 3 is 2.65 bits per heavy atom. The molecule has 0 radical (unpaired) electrons. The van der Waals surface area contributed by atoms with Crippen LogP contribution in [-0.4, -0.2) is 35.3 Å². The molecule has 0 bridgehead atoms. The van der Waals surface area contributed by atoms with Crippen LogP contribution in [0, 0.1) is 12.7 Å². The van der Waals surface area contributed by atoms with E-state index in [1.54, 1.807) is 13.0 Å². The van der Waals surface area contributed by atoms with Crippen LogP contribution in [0.5, 0.6) is 5.75 Å². The smallest absolute Gasteiger partial charge is 0.228 e. The van der Waals surface area contributed by atoms with Crippen molar-refractivity contribution in [2.24, 2.45) is 4.99 Å². The van der Waals surface area contributed by atoms with Crippen molar-refractivity contribution in [2.75, 3.05) is 18.4 Å². The van der Waals surface area contributed by atoms with Gasteiger partial charge in [-0.3, -0.25) is 4.99 Å². The summed E-state index contributed by atoms with van der Waals surface area (Å²) in [5.74, 6) is 2.35. The number of benzene rings is 2. The number of aliphatic imine (C=N–C) groups is 1. The van der Waals surface area contributed by atoms with E-state index in [0.717, 1.165) is 17.0 Å². The molecule has 0 aliphatic carbocycles. The molecule has 0 aliphatic rings. The van der Waals surface area contributed by atoms with Crippen molar-refractivity contribution in [1.29, 1.82) is 0 Å². The number of rotatable bonds is 9. The molecule has 0 aliphatic heterocycles. The van der Waals surface area contributed by atoms with Crippen LogP contribution in [0.1, 0.15) is 31.1 Å². The number of aromatic nitrogens is 2. The minimum absolute atomic E-state index is 0.119. The molecule has 0 spiro atoms. The first-order valence-corrected chi connectivity index (χ1v) is 10.3. The Balaban J connectivity index is 1.61. The van der Waals surface area contributed by atoms with Gasteiger partial charge in [0.15, 0.2) is 11.8 Å². The lowest BCUT2D eigenvalue weighted by molar-refractivity contribution is 0.242. The van der Waals surface area contributed by atoms with E-state index in [4.69, 9.17) is 9.26 Å². The van der Waals surface area contributed by atoms with E-state index in [1.165, 1.54) is 12.1 Å². The van der Waals surface area contributed by atoms with Gasteiger partial charge in [-0.1, -0.05) is 17.3 Å². The van der Waals surface area contributed by atoms with Gasteiger partial charge >= 0.3 is 0 Å². The standard InChI is InChI=1S/C23H28FN5O2/c1-16(2)30-21-9-7-20(8-10-21)28-23(26-14-12-22-27-17(3)29-31-22)25-13-11-18-5-4-6-19(24)15-18/h4-10,15-16H,11-14H2,1-3H3,(H2,25,26,28). The van der Waals surface area contributed by atoms with Crippen molar-refractivity contribution in [3.05, 3.63) is 71.6 Å². The van der Waals surface area contributed by atoms with Crippen molar-refractivity contribution in [2.45, 2.75) is 39.7 Å². The molecule has 0 fully saturated rings. The van der Waals surface area contributed by atoms with Gasteiger partial charge in [0, 0.05) is 18.7 Å². The highest BCUT2D eigenvalue weighted by molar-refractivity contribution is 5.93. The van der Waals surface area contributed by atoms with Crippen molar-refractivity contribution in [3.63, 3.8) is 0 Å². The molecule has 7 nitrogen and oxygen atoms in total. The largest absolute Gasteiger partial charge is 0.491 e. The predicted molar refractivity (Wildman–Crippen MR) is 119 cm³/mol. The van der Waals surface area contributed by atoms with Crippen LogP contribution in [0.2, 0.25) is 0 Å². The van der Waals surface area contributed by atoms with E-state index in [0.29, 0.717) is 43.6 Å². The Bertz CT molecular complexity index is 986. The summed E-state index contributed by atoms with van der Waals surface area (Å²) >= 11 is 0. The Hall–Kier alpha value is -3.42. The molecular weight excluding hydrogens is 397 g/mol. The molecule has 0 saturated heterocycles. The van der Waals surface area contributed by atoms with Gasteiger partial charge in [0.1, 0.15) is 11.6 Å². The topological polar surface area (TPSA) is 84.6 Å². The summed E-state index contributed by atoms with van der Waals surface area (Å²) in [6.45, 7) is 6.84. The van der Waals surface area contributed by atoms with Gasteiger partial charge in [-0.15, -0.1) is 0 Å². The fourth-order valence-corrected chi connectivity index (χ4v) is 2.89. The number of halogens is 1. The van der Waals surface area contributed by atoms with Crippen LogP contribution in [0.15, 0.2) is 58.0 Å². The first-order chi connectivity index (χ1) is 15.0. The van der Waals surface area contributed by atoms with Gasteiger partial charge in [0.2, 0.25) is 5.89 Å². The third-order valence-electron chi connectivity index (χ3n) is 4.25. The van der Waals surface area contributed by atoms with Gasteiger partial charge in [-0.2, -0.15) is 4.98 Å². The zero-order valence-corrected chi connectivity index (χ0v) is 18.1. The quantitative estimate of drug-likeness (QED) is 0.396. The average molecular weight is 426 g/mol. The molecule has 31 heavy (non-hydrogen) atoms. The highest BCUT2D eigenvalue weighted by Crippen LogP contribution is 2.17. The molecule has 0 atom stereocenters. The predicted octanol–water partition coefficient (Wildman–Crippen LogP) is 4.15. The second kappa shape index (κ2) is 11.1. The maximum atomic E-state index is 13.4. The van der Waals surface area contributed by atoms with Crippen LogP contribution in [-0.2, 0) is 12.8 Å². The Kier molecular flexibility index (Phi) is 7.98. The zero-order chi connectivity index (χ0) is 22.1. The summed E-state index contributed by atoms with van der Waals surface area (Å²) in [5, 5.41) is 10.4. The molecule has 2 aromatic carbocycles. The van der Waals surface area contributed by atoms with E-state index >= 15 is 0 Å². The first-order valence-electron chi connectivity index (χ1n) is 10.3. The molecule has 2 N–H and O–H groups in total. The van der Waals surface area contributed by atoms with Crippen molar-refractivity contribution < 1.29 is 13.7 Å². The lowest BCUT2D eigenvalue weighted by Crippen LogP contribution is -2.32. The molecule has 0 unspecified atom stereocenters. The monoisotopic (exact) mass is 425 g/mol. The third kappa shape index (κ3) is 7.73. The van der Waals surface area contributed by atoms with Gasteiger partial charge < -0.3 is 19.9 Å². The number of guanidine groups is 1. The van der Waals surface area contributed by atoms with Crippen molar-refractivity contribution in [3.8, 4) is 5.75 Å². The molecule has 0 saturated carbocycles. The summed E-state index contributed by atoms with van der Waals surface area (Å²) in [6.07, 6.45) is 1.33. The summed E-state index contributed by atoms with van der Waals surface area (Å²) in [6, 6.07) is 14.3. The molecular formula is C23H28FN5O2. The zero-order valence-electron chi connectivity index (χ0n) is 18.1. The van der Waals surface area contributed by atoms with Crippen LogP contribution >= 0.6 is 0 Å². The number of hydrogen-bond acceptors (Lipinski definition) is 5. The first kappa shape index (κ1) is 22.3. The normalized spacial score (nSPS) is 11.6. The number of anilines is 1. The fourth-order valence-electron chi connectivity index (χ4n) is 2.89. The van der Waals surface area contributed by atoms with Gasteiger partial charge in [-0.05, 0) is 69.2 Å². The molecule has 1 aromatic heterocycles. The average Bonchev–Trinajstić information content (AvgIpc) is 3.14. The number of nitrogens with zero attached hydrogens (tertiary/aromatic N) is 3. The Morgan fingerprint density at radius 2 is 1.97 bits per heavy atom. The summed E-state index contributed by atoms with van der Waals surface area (Å²) in [4.78, 5) is 8.80. The number of aryl methyl sites for hydroxylation is 1. The fraction of sp³-hybridized carbons (Fsp3) is 0.348. The second-order valence-electron chi connectivity index (χ2n) is 7.34. The van der Waals surface area contributed by atoms with E-state index in [9.17, 15) is 4.39 Å². The van der Waals surface area contributed by atoms with Crippen LogP contribution < -0.4 is 15.4 Å². The molecule has 8 heteroatoms. The van der Waals surface area contributed by atoms with Crippen molar-refractivity contribution >= 4 is 11.6 Å². The Labute approximate surface area is 181 Å². The van der Waals surface area contributed by atoms with Crippen LogP contribution in [0.4, 0.5) is 10.1 Å². The van der Waals surface area contributed by atoms with Crippen LogP contribution in [0.25, 0.3) is 0 Å². The van der Waals surface area contributed by atoms with Crippen LogP contribution in [0.3, 0.4) is 0 Å². The molecule has 1 heterocycles. The van der Waals surface area contributed by atoms with Crippen molar-refractivity contribution in [1.82, 2.24) is 15.5 Å². The van der Waals surface area contributed by atoms with E-state index in [1.807, 2.05) is 44.2 Å². The second-order valence-corrected chi connectivity index (χ2v) is 7.34. The minimum Gasteiger partial charge on any atom is -0.491 e. The SMILES string of the molecule is Cc1noc(CCN=C(NCCc2cccc(F)c2)Nc2ccc(OC(C)C)cc2)n1. The van der Waals surface area contributed by atoms with Gasteiger partial charge in [-0.25, -0.2) is 4.39 Å². The molecule has 0 amide bonds. The van der Waals surface area contributed by atoms with E-state index < -0.39 is 0 Å². The summed E-state index contributed by atoms with van der Waals surface area (Å²) in [5.41, 5.74) is 1.80. The highest BCUT2D eigenvalue weighted by atomic mass is 19.1. The van der Waals surface area contributed by atoms with Gasteiger partial charge in [0.05, 0.1) is 12.6 Å².